The maximum Gasteiger partial charge on any atom is 0 e. The Hall–Kier alpha value is 7.30. The molecular formula is C11H32I10. The quantitative estimate of drug-likeness (QED) is 0.168. The van der Waals surface area contributed by atoms with Crippen molar-refractivity contribution >= 4 is 218 Å². The van der Waals surface area contributed by atoms with E-state index in [0.29, 0.717) is 0 Å². The molecule has 0 amide bonds. The summed E-state index contributed by atoms with van der Waals surface area (Å²) in [5.41, 5.74) is 0. The monoisotopic (exact) mass is 1430 g/mol. The number of alkyl halides is 8. The van der Waals surface area contributed by atoms with Gasteiger partial charge < -0.3 is 0 Å². The van der Waals surface area contributed by atoms with Crippen molar-refractivity contribution in [3.8, 4) is 0 Å². The smallest absolute Gasteiger partial charge is 0 e. The second-order valence-corrected chi connectivity index (χ2v) is 3.59. The summed E-state index contributed by atoms with van der Waals surface area (Å²) in [5, 5.41) is 0. The van der Waals surface area contributed by atoms with Gasteiger partial charge in [-0.05, 0) is 38.4 Å². The Kier molecular flexibility index (Phi) is 655. The Bertz CT molecular complexity index is 23.0. The molecule has 0 unspecified atom stereocenters. The maximum absolute atomic E-state index is 2.29. The number of halogens is 10. The SMILES string of the molecule is C.CCI.CCI.CI.CI.CI.CI.CI.CI.II. The molecule has 0 saturated carbocycles. The van der Waals surface area contributed by atoms with Crippen molar-refractivity contribution in [1.82, 2.24) is 0 Å². The van der Waals surface area contributed by atoms with Gasteiger partial charge in [-0.15, -0.1) is 0 Å². The highest BCUT2D eigenvalue weighted by Gasteiger charge is 1.38. The summed E-state index contributed by atoms with van der Waals surface area (Å²) in [6, 6.07) is 0. The van der Waals surface area contributed by atoms with Crippen molar-refractivity contribution in [3.05, 3.63) is 0 Å². The first-order valence-corrected chi connectivity index (χ1v) is 26.6. The lowest BCUT2D eigenvalue weighted by atomic mass is 11.0. The van der Waals surface area contributed by atoms with Crippen LogP contribution in [0, 0.1) is 0 Å². The van der Waals surface area contributed by atoms with E-state index in [1.165, 1.54) is 8.86 Å². The highest BCUT2D eigenvalue weighted by Crippen LogP contribution is 1.89. The summed E-state index contributed by atoms with van der Waals surface area (Å²) in [4.78, 5) is 11.8. The molecule has 0 fully saturated rings. The van der Waals surface area contributed by atoms with Gasteiger partial charge in [0.2, 0.25) is 0 Å². The fourth-order valence-electron chi connectivity index (χ4n) is 0. The van der Waals surface area contributed by atoms with Crippen LogP contribution in [0.25, 0.3) is 0 Å². The Morgan fingerprint density at radius 1 is 0.429 bits per heavy atom. The van der Waals surface area contributed by atoms with Gasteiger partial charge in [-0.1, -0.05) is 202 Å². The van der Waals surface area contributed by atoms with E-state index in [1.807, 2.05) is 29.6 Å². The minimum atomic E-state index is 0. The van der Waals surface area contributed by atoms with Crippen LogP contribution in [-0.2, 0) is 0 Å². The molecule has 10 heteroatoms. The Labute approximate surface area is 270 Å². The molecular weight excluding hydrogens is 1400 g/mol. The zero-order valence-corrected chi connectivity index (χ0v) is 34.8. The van der Waals surface area contributed by atoms with Gasteiger partial charge in [0.1, 0.15) is 0 Å². The van der Waals surface area contributed by atoms with Crippen LogP contribution in [0.5, 0.6) is 0 Å². The first kappa shape index (κ1) is 63.0. The Morgan fingerprint density at radius 3 is 0.429 bits per heavy atom. The van der Waals surface area contributed by atoms with E-state index in [-0.39, 0.29) is 7.43 Å². The van der Waals surface area contributed by atoms with E-state index in [9.17, 15) is 0 Å². The summed E-state index contributed by atoms with van der Waals surface area (Å²) in [6.45, 7) is 4.22. The average molecular weight is 1430 g/mol. The van der Waals surface area contributed by atoms with E-state index >= 15 is 0 Å². The molecule has 21 heavy (non-hydrogen) atoms. The van der Waals surface area contributed by atoms with Crippen LogP contribution < -0.4 is 0 Å². The highest BCUT2D eigenvalue weighted by atomic mass is 128. The second-order valence-electron chi connectivity index (χ2n) is 0.535. The molecule has 0 spiro atoms. The van der Waals surface area contributed by atoms with E-state index in [0.717, 1.165) is 0 Å². The molecule has 0 aromatic carbocycles. The number of rotatable bonds is 0. The highest BCUT2D eigenvalue weighted by molar-refractivity contribution is 15.0. The van der Waals surface area contributed by atoms with Crippen molar-refractivity contribution in [2.45, 2.75) is 21.3 Å². The zero-order valence-electron chi connectivity index (χ0n) is 13.2. The first-order valence-electron chi connectivity index (χ1n) is 4.36. The molecule has 0 aliphatic carbocycles. The van der Waals surface area contributed by atoms with Crippen LogP contribution in [0.3, 0.4) is 0 Å². The minimum absolute atomic E-state index is 0. The van der Waals surface area contributed by atoms with Gasteiger partial charge in [-0.2, -0.15) is 0 Å². The average Bonchev–Trinajstić information content (AvgIpc) is 2.61. The maximum atomic E-state index is 2.29. The first-order chi connectivity index (χ1) is 9.83. The predicted octanol–water partition coefficient (Wildman–Crippen LogP) is 11.6. The van der Waals surface area contributed by atoms with Crippen LogP contribution in [0.1, 0.15) is 21.3 Å². The fraction of sp³-hybridized carbons (Fsp3) is 1.00. The molecule has 0 radical (unpaired) electrons. The van der Waals surface area contributed by atoms with Crippen molar-refractivity contribution in [2.24, 2.45) is 0 Å². The standard InChI is InChI=1S/2C2H5I.6CH3I.CH4.I2/c2*1-2-3;6*1-2;;1-2/h2*2H2,1H3;6*1H3;1H4;. The third kappa shape index (κ3) is 328. The topological polar surface area (TPSA) is 0 Å². The third-order valence-electron chi connectivity index (χ3n) is 0. The summed E-state index contributed by atoms with van der Waals surface area (Å²) >= 11 is 21.7. The molecule has 0 aromatic heterocycles. The van der Waals surface area contributed by atoms with Crippen LogP contribution in [-0.4, -0.2) is 38.4 Å². The van der Waals surface area contributed by atoms with E-state index in [4.69, 9.17) is 0 Å². The molecule has 0 heterocycles. The largest absolute Gasteiger partial charge is 0.0901 e. The van der Waals surface area contributed by atoms with Gasteiger partial charge in [0.15, 0.2) is 0 Å². The van der Waals surface area contributed by atoms with Gasteiger partial charge in [-0.25, -0.2) is 0 Å². The number of hydrogen-bond acceptors (Lipinski definition) is 0. The van der Waals surface area contributed by atoms with Crippen molar-refractivity contribution in [3.63, 3.8) is 0 Å². The van der Waals surface area contributed by atoms with Crippen molar-refractivity contribution < 1.29 is 0 Å². The lowest BCUT2D eigenvalue weighted by Crippen LogP contribution is -1.33. The minimum Gasteiger partial charge on any atom is -0.0901 e. The molecule has 0 atom stereocenters. The summed E-state index contributed by atoms with van der Waals surface area (Å²) in [6.07, 6.45) is 0. The third-order valence-corrected chi connectivity index (χ3v) is 0. The Balaban J connectivity index is -0.00000000812. The zero-order chi connectivity index (χ0) is 19.4. The van der Waals surface area contributed by atoms with Gasteiger partial charge in [-0.3, -0.25) is 0 Å². The molecule has 0 aliphatic heterocycles. The molecule has 0 saturated heterocycles. The molecule has 0 aliphatic rings. The van der Waals surface area contributed by atoms with E-state index < -0.39 is 0 Å². The van der Waals surface area contributed by atoms with Crippen LogP contribution >= 0.6 is 218 Å². The molecule has 0 nitrogen and oxygen atoms in total. The van der Waals surface area contributed by atoms with Gasteiger partial charge in [0.25, 0.3) is 0 Å². The molecule has 0 rings (SSSR count). The molecule has 0 bridgehead atoms. The second kappa shape index (κ2) is 218. The van der Waals surface area contributed by atoms with Crippen LogP contribution in [0.15, 0.2) is 0 Å². The summed E-state index contributed by atoms with van der Waals surface area (Å²) < 4.78 is 2.44. The summed E-state index contributed by atoms with van der Waals surface area (Å²) in [5.74, 6) is 0. The molecule has 0 aromatic rings. The van der Waals surface area contributed by atoms with E-state index in [1.54, 1.807) is 0 Å². The van der Waals surface area contributed by atoms with Crippen LogP contribution in [0.4, 0.5) is 0 Å². The van der Waals surface area contributed by atoms with Gasteiger partial charge >= 0.3 is 0 Å². The summed E-state index contributed by atoms with van der Waals surface area (Å²) in [7, 11) is 0. The Morgan fingerprint density at radius 2 is 0.429 bits per heavy atom. The lowest BCUT2D eigenvalue weighted by molar-refractivity contribution is 1.58. The number of hydrogen-bond donors (Lipinski definition) is 0. The van der Waals surface area contributed by atoms with Crippen molar-refractivity contribution in [2.75, 3.05) is 38.4 Å². The predicted molar refractivity (Wildman–Crippen MR) is 204 cm³/mol. The molecule has 0 N–H and O–H groups in total. The van der Waals surface area contributed by atoms with Crippen molar-refractivity contribution in [1.29, 1.82) is 0 Å². The fourth-order valence-corrected chi connectivity index (χ4v) is 0. The van der Waals surface area contributed by atoms with Gasteiger partial charge in [0.05, 0.1) is 0 Å². The van der Waals surface area contributed by atoms with Crippen LogP contribution in [0.2, 0.25) is 0 Å². The van der Waals surface area contributed by atoms with E-state index in [2.05, 4.69) is 232 Å². The lowest BCUT2D eigenvalue weighted by Gasteiger charge is -1.45. The normalized spacial score (nSPS) is 3.71. The molecule has 146 valence electrons. The van der Waals surface area contributed by atoms with Gasteiger partial charge in [0, 0.05) is 37.2 Å².